The molecule has 3 aromatic rings. The van der Waals surface area contributed by atoms with Gasteiger partial charge < -0.3 is 0 Å². The van der Waals surface area contributed by atoms with Crippen LogP contribution in [-0.4, -0.2) is 12.4 Å². The first-order chi connectivity index (χ1) is 10.4. The van der Waals surface area contributed by atoms with Gasteiger partial charge in [-0.25, -0.2) is 12.4 Å². The maximum Gasteiger partial charge on any atom is 0.268 e. The number of aryl methyl sites for hydroxylation is 1. The largest absolute Gasteiger partial charge is 0.268 e. The Labute approximate surface area is 130 Å². The van der Waals surface area contributed by atoms with Crippen LogP contribution in [-0.2, 0) is 10.0 Å². The van der Waals surface area contributed by atoms with Crippen LogP contribution in [0.4, 0.5) is 0 Å². The highest BCUT2D eigenvalue weighted by Crippen LogP contribution is 2.27. The van der Waals surface area contributed by atoms with E-state index in [0.29, 0.717) is 5.52 Å². The van der Waals surface area contributed by atoms with Crippen molar-refractivity contribution in [2.75, 3.05) is 0 Å². The van der Waals surface area contributed by atoms with E-state index in [9.17, 15) is 8.42 Å². The molecule has 112 valence electrons. The van der Waals surface area contributed by atoms with Gasteiger partial charge in [-0.1, -0.05) is 42.0 Å². The molecule has 1 aromatic heterocycles. The molecule has 2 aromatic carbocycles. The van der Waals surface area contributed by atoms with E-state index < -0.39 is 10.0 Å². The van der Waals surface area contributed by atoms with Gasteiger partial charge in [-0.3, -0.25) is 0 Å². The lowest BCUT2D eigenvalue weighted by atomic mass is 10.1. The summed E-state index contributed by atoms with van der Waals surface area (Å²) in [6.45, 7) is 7.80. The minimum Gasteiger partial charge on any atom is -0.241 e. The van der Waals surface area contributed by atoms with Crippen LogP contribution in [0, 0.1) is 6.92 Å². The molecule has 0 amide bonds. The first-order valence-corrected chi connectivity index (χ1v) is 8.43. The van der Waals surface area contributed by atoms with Gasteiger partial charge in [0.05, 0.1) is 10.4 Å². The molecule has 1 heterocycles. The summed E-state index contributed by atoms with van der Waals surface area (Å²) in [5, 5.41) is 0.894. The lowest BCUT2D eigenvalue weighted by Crippen LogP contribution is -2.11. The van der Waals surface area contributed by atoms with Crippen LogP contribution in [0.25, 0.3) is 16.5 Å². The Morgan fingerprint density at radius 1 is 1.05 bits per heavy atom. The molecule has 0 unspecified atom stereocenters. The molecule has 0 radical (unpaired) electrons. The van der Waals surface area contributed by atoms with Crippen molar-refractivity contribution in [3.8, 4) is 0 Å². The summed E-state index contributed by atoms with van der Waals surface area (Å²) in [7, 11) is -3.59. The topological polar surface area (TPSA) is 39.1 Å². The average Bonchev–Trinajstić information content (AvgIpc) is 2.92. The zero-order valence-corrected chi connectivity index (χ0v) is 13.4. The molecule has 0 bridgehead atoms. The second-order valence-electron chi connectivity index (χ2n) is 5.45. The van der Waals surface area contributed by atoms with Crippen molar-refractivity contribution in [3.63, 3.8) is 0 Å². The molecule has 0 spiro atoms. The second kappa shape index (κ2) is 5.14. The van der Waals surface area contributed by atoms with Gasteiger partial charge in [-0.05, 0) is 43.7 Å². The first kappa shape index (κ1) is 14.6. The Bertz CT molecular complexity index is 964. The molecule has 22 heavy (non-hydrogen) atoms. The van der Waals surface area contributed by atoms with E-state index in [-0.39, 0.29) is 4.90 Å². The zero-order valence-electron chi connectivity index (χ0n) is 12.6. The minimum atomic E-state index is -3.59. The number of allylic oxidation sites excluding steroid dienone is 1. The number of hydrogen-bond acceptors (Lipinski definition) is 2. The molecule has 4 heteroatoms. The Hall–Kier alpha value is -2.33. The van der Waals surface area contributed by atoms with Crippen LogP contribution < -0.4 is 0 Å². The third kappa shape index (κ3) is 2.25. The number of aromatic nitrogens is 1. The van der Waals surface area contributed by atoms with Crippen LogP contribution in [0.5, 0.6) is 0 Å². The highest BCUT2D eigenvalue weighted by Gasteiger charge is 2.19. The molecule has 0 saturated heterocycles. The van der Waals surface area contributed by atoms with Gasteiger partial charge in [-0.2, -0.15) is 0 Å². The Kier molecular flexibility index (Phi) is 3.41. The molecule has 3 rings (SSSR count). The number of benzene rings is 2. The summed E-state index contributed by atoms with van der Waals surface area (Å²) in [4.78, 5) is 0.288. The quantitative estimate of drug-likeness (QED) is 0.726. The number of fused-ring (bicyclic) bond motifs is 1. The minimum absolute atomic E-state index is 0.288. The van der Waals surface area contributed by atoms with E-state index in [1.54, 1.807) is 30.5 Å². The molecule has 0 aliphatic heterocycles. The fourth-order valence-corrected chi connectivity index (χ4v) is 3.89. The first-order valence-electron chi connectivity index (χ1n) is 6.99. The highest BCUT2D eigenvalue weighted by atomic mass is 32.2. The molecule has 0 saturated carbocycles. The van der Waals surface area contributed by atoms with Crippen molar-refractivity contribution in [2.45, 2.75) is 18.7 Å². The molecular weight excluding hydrogens is 294 g/mol. The second-order valence-corrected chi connectivity index (χ2v) is 7.26. The van der Waals surface area contributed by atoms with Crippen LogP contribution in [0.2, 0.25) is 0 Å². The van der Waals surface area contributed by atoms with Gasteiger partial charge in [0.25, 0.3) is 10.0 Å². The zero-order chi connectivity index (χ0) is 15.9. The standard InChI is InChI=1S/C18H17NO2S/c1-13(2)16-5-4-6-18-17(16)11-12-19(18)22(20,21)15-9-7-14(3)8-10-15/h4-12H,1H2,2-3H3. The molecule has 0 aliphatic rings. The van der Waals surface area contributed by atoms with E-state index in [1.807, 2.05) is 38.1 Å². The molecule has 3 nitrogen and oxygen atoms in total. The smallest absolute Gasteiger partial charge is 0.241 e. The van der Waals surface area contributed by atoms with Crippen molar-refractivity contribution >= 4 is 26.5 Å². The maximum absolute atomic E-state index is 12.8. The Morgan fingerprint density at radius 3 is 2.36 bits per heavy atom. The predicted octanol–water partition coefficient (Wildman–Crippen LogP) is 4.22. The fourth-order valence-electron chi connectivity index (χ4n) is 2.55. The third-order valence-corrected chi connectivity index (χ3v) is 5.44. The summed E-state index contributed by atoms with van der Waals surface area (Å²) in [5.74, 6) is 0. The number of hydrogen-bond donors (Lipinski definition) is 0. The predicted molar refractivity (Wildman–Crippen MR) is 90.4 cm³/mol. The van der Waals surface area contributed by atoms with Crippen LogP contribution >= 0.6 is 0 Å². The molecule has 0 aliphatic carbocycles. The van der Waals surface area contributed by atoms with E-state index in [1.165, 1.54) is 3.97 Å². The van der Waals surface area contributed by atoms with E-state index in [2.05, 4.69) is 6.58 Å². The van der Waals surface area contributed by atoms with Crippen molar-refractivity contribution < 1.29 is 8.42 Å². The molecule has 0 atom stereocenters. The van der Waals surface area contributed by atoms with Gasteiger partial charge in [0.1, 0.15) is 0 Å². The summed E-state index contributed by atoms with van der Waals surface area (Å²) >= 11 is 0. The summed E-state index contributed by atoms with van der Waals surface area (Å²) in [5.41, 5.74) is 3.58. The third-order valence-electron chi connectivity index (χ3n) is 3.73. The van der Waals surface area contributed by atoms with Crippen molar-refractivity contribution in [1.82, 2.24) is 3.97 Å². The normalized spacial score (nSPS) is 11.7. The Morgan fingerprint density at radius 2 is 1.73 bits per heavy atom. The van der Waals surface area contributed by atoms with Crippen LogP contribution in [0.1, 0.15) is 18.1 Å². The van der Waals surface area contributed by atoms with E-state index >= 15 is 0 Å². The van der Waals surface area contributed by atoms with Crippen LogP contribution in [0.3, 0.4) is 0 Å². The van der Waals surface area contributed by atoms with Crippen molar-refractivity contribution in [2.24, 2.45) is 0 Å². The van der Waals surface area contributed by atoms with E-state index in [4.69, 9.17) is 0 Å². The highest BCUT2D eigenvalue weighted by molar-refractivity contribution is 7.90. The maximum atomic E-state index is 12.8. The summed E-state index contributed by atoms with van der Waals surface area (Å²) in [6.07, 6.45) is 1.60. The molecular formula is C18H17NO2S. The average molecular weight is 311 g/mol. The fraction of sp³-hybridized carbons (Fsp3) is 0.111. The Balaban J connectivity index is 2.24. The van der Waals surface area contributed by atoms with Gasteiger partial charge in [0.15, 0.2) is 0 Å². The lowest BCUT2D eigenvalue weighted by molar-refractivity contribution is 0.589. The van der Waals surface area contributed by atoms with Gasteiger partial charge in [-0.15, -0.1) is 0 Å². The number of nitrogens with zero attached hydrogens (tertiary/aromatic N) is 1. The van der Waals surface area contributed by atoms with Gasteiger partial charge >= 0.3 is 0 Å². The molecule has 0 fully saturated rings. The monoisotopic (exact) mass is 311 g/mol. The molecule has 0 N–H and O–H groups in total. The van der Waals surface area contributed by atoms with Gasteiger partial charge in [0, 0.05) is 11.6 Å². The summed E-state index contributed by atoms with van der Waals surface area (Å²) < 4.78 is 27.0. The van der Waals surface area contributed by atoms with Crippen molar-refractivity contribution in [3.05, 3.63) is 72.4 Å². The summed E-state index contributed by atoms with van der Waals surface area (Å²) in [6, 6.07) is 14.3. The SMILES string of the molecule is C=C(C)c1cccc2c1ccn2S(=O)(=O)c1ccc(C)cc1. The van der Waals surface area contributed by atoms with E-state index in [0.717, 1.165) is 22.1 Å². The van der Waals surface area contributed by atoms with Gasteiger partial charge in [0.2, 0.25) is 0 Å². The lowest BCUT2D eigenvalue weighted by Gasteiger charge is -2.09. The van der Waals surface area contributed by atoms with Crippen LogP contribution in [0.15, 0.2) is 66.2 Å². The number of rotatable bonds is 3. The van der Waals surface area contributed by atoms with Crippen molar-refractivity contribution in [1.29, 1.82) is 0 Å².